The van der Waals surface area contributed by atoms with Crippen molar-refractivity contribution in [2.45, 2.75) is 32.2 Å². The fraction of sp³-hybridized carbons (Fsp3) is 0.444. The lowest BCUT2D eigenvalue weighted by Gasteiger charge is -2.10. The van der Waals surface area contributed by atoms with Crippen LogP contribution in [0.2, 0.25) is 0 Å². The van der Waals surface area contributed by atoms with E-state index in [4.69, 9.17) is 15.2 Å². The molecule has 0 bridgehead atoms. The van der Waals surface area contributed by atoms with Crippen LogP contribution in [0.15, 0.2) is 23.6 Å². The van der Waals surface area contributed by atoms with Crippen LogP contribution in [0.25, 0.3) is 0 Å². The zero-order chi connectivity index (χ0) is 18.2. The number of nitrogens with zero attached hydrogens (tertiary/aromatic N) is 1. The second-order valence-electron chi connectivity index (χ2n) is 5.66. The molecule has 1 heterocycles. The fourth-order valence-corrected chi connectivity index (χ4v) is 3.28. The lowest BCUT2D eigenvalue weighted by atomic mass is 10.1. The van der Waals surface area contributed by atoms with Crippen LogP contribution in [0.5, 0.6) is 11.5 Å². The van der Waals surface area contributed by atoms with Crippen LogP contribution in [0, 0.1) is 0 Å². The maximum atomic E-state index is 12.2. The first kappa shape index (κ1) is 19.2. The van der Waals surface area contributed by atoms with E-state index in [-0.39, 0.29) is 11.9 Å². The molecule has 0 aliphatic heterocycles. The highest BCUT2D eigenvalue weighted by atomic mass is 32.1. The Labute approximate surface area is 152 Å². The Bertz CT molecular complexity index is 703. The summed E-state index contributed by atoms with van der Waals surface area (Å²) in [6.45, 7) is 2.59. The van der Waals surface area contributed by atoms with Crippen molar-refractivity contribution in [3.05, 3.63) is 39.8 Å². The molecule has 0 saturated heterocycles. The zero-order valence-electron chi connectivity index (χ0n) is 14.9. The Balaban J connectivity index is 1.88. The first-order chi connectivity index (χ1) is 12.1. The van der Waals surface area contributed by atoms with Crippen LogP contribution < -0.4 is 20.5 Å². The average Bonchev–Trinajstić information content (AvgIpc) is 3.12. The first-order valence-corrected chi connectivity index (χ1v) is 9.17. The molecule has 1 aromatic heterocycles. The summed E-state index contributed by atoms with van der Waals surface area (Å²) in [5.41, 5.74) is 7.53. The number of carbonyl (C=O) groups is 1. The highest BCUT2D eigenvalue weighted by molar-refractivity contribution is 7.09. The Kier molecular flexibility index (Phi) is 7.21. The van der Waals surface area contributed by atoms with Gasteiger partial charge in [0.15, 0.2) is 11.5 Å². The normalized spacial score (nSPS) is 11.8. The molecule has 136 valence electrons. The van der Waals surface area contributed by atoms with Gasteiger partial charge < -0.3 is 20.5 Å². The minimum atomic E-state index is -0.174. The summed E-state index contributed by atoms with van der Waals surface area (Å²) in [5, 5.41) is 5.46. The summed E-state index contributed by atoms with van der Waals surface area (Å²) in [4.78, 5) is 16.5. The third-order valence-electron chi connectivity index (χ3n) is 3.82. The van der Waals surface area contributed by atoms with Gasteiger partial charge in [-0.05, 0) is 30.5 Å². The monoisotopic (exact) mass is 363 g/mol. The van der Waals surface area contributed by atoms with Crippen LogP contribution in [0.4, 0.5) is 0 Å². The number of amides is 1. The highest BCUT2D eigenvalue weighted by Crippen LogP contribution is 2.27. The SMILES string of the molecule is CCCC(N)c1nc(C(=O)NCCc2ccc(OC)c(OC)c2)cs1. The number of hydrogen-bond acceptors (Lipinski definition) is 6. The lowest BCUT2D eigenvalue weighted by molar-refractivity contribution is 0.0949. The van der Waals surface area contributed by atoms with Crippen molar-refractivity contribution in [1.82, 2.24) is 10.3 Å². The Morgan fingerprint density at radius 1 is 1.32 bits per heavy atom. The van der Waals surface area contributed by atoms with Crippen LogP contribution in [0.3, 0.4) is 0 Å². The Hall–Kier alpha value is -2.12. The van der Waals surface area contributed by atoms with Gasteiger partial charge in [0.1, 0.15) is 10.7 Å². The molecule has 0 spiro atoms. The van der Waals surface area contributed by atoms with Gasteiger partial charge in [0.05, 0.1) is 20.3 Å². The topological polar surface area (TPSA) is 86.5 Å². The summed E-state index contributed by atoms with van der Waals surface area (Å²) in [6, 6.07) is 5.63. The molecular weight excluding hydrogens is 338 g/mol. The molecule has 1 amide bonds. The van der Waals surface area contributed by atoms with Crippen molar-refractivity contribution >= 4 is 17.2 Å². The van der Waals surface area contributed by atoms with Crippen molar-refractivity contribution in [2.75, 3.05) is 20.8 Å². The van der Waals surface area contributed by atoms with Crippen molar-refractivity contribution in [3.63, 3.8) is 0 Å². The molecule has 2 aromatic rings. The molecule has 0 fully saturated rings. The van der Waals surface area contributed by atoms with Crippen LogP contribution >= 0.6 is 11.3 Å². The molecule has 1 atom stereocenters. The fourth-order valence-electron chi connectivity index (χ4n) is 2.44. The van der Waals surface area contributed by atoms with Gasteiger partial charge in [-0.15, -0.1) is 11.3 Å². The minimum Gasteiger partial charge on any atom is -0.493 e. The summed E-state index contributed by atoms with van der Waals surface area (Å²) >= 11 is 1.44. The predicted molar refractivity (Wildman–Crippen MR) is 99.5 cm³/mol. The van der Waals surface area contributed by atoms with E-state index in [9.17, 15) is 4.79 Å². The number of nitrogens with two attached hydrogens (primary N) is 1. The van der Waals surface area contributed by atoms with E-state index >= 15 is 0 Å². The molecular formula is C18H25N3O3S. The van der Waals surface area contributed by atoms with Gasteiger partial charge in [-0.2, -0.15) is 0 Å². The molecule has 1 unspecified atom stereocenters. The van der Waals surface area contributed by atoms with Gasteiger partial charge >= 0.3 is 0 Å². The standard InChI is InChI=1S/C18H25N3O3S/c1-4-5-13(19)18-21-14(11-25-18)17(22)20-9-8-12-6-7-15(23-2)16(10-12)24-3/h6-7,10-11,13H,4-5,8-9,19H2,1-3H3,(H,20,22). The van der Waals surface area contributed by atoms with E-state index in [0.29, 0.717) is 30.2 Å². The minimum absolute atomic E-state index is 0.0942. The number of ether oxygens (including phenoxy) is 2. The van der Waals surface area contributed by atoms with E-state index in [0.717, 1.165) is 23.4 Å². The third kappa shape index (κ3) is 5.17. The molecule has 0 radical (unpaired) electrons. The van der Waals surface area contributed by atoms with E-state index < -0.39 is 0 Å². The molecule has 2 rings (SSSR count). The van der Waals surface area contributed by atoms with Crippen LogP contribution in [0.1, 0.15) is 46.9 Å². The number of rotatable bonds is 9. The third-order valence-corrected chi connectivity index (χ3v) is 4.80. The summed E-state index contributed by atoms with van der Waals surface area (Å²) < 4.78 is 10.5. The lowest BCUT2D eigenvalue weighted by Crippen LogP contribution is -2.26. The van der Waals surface area contributed by atoms with E-state index in [1.165, 1.54) is 11.3 Å². The van der Waals surface area contributed by atoms with Crippen molar-refractivity contribution in [3.8, 4) is 11.5 Å². The van der Waals surface area contributed by atoms with Gasteiger partial charge in [-0.1, -0.05) is 19.4 Å². The van der Waals surface area contributed by atoms with Gasteiger partial charge in [0.25, 0.3) is 5.91 Å². The maximum Gasteiger partial charge on any atom is 0.270 e. The second kappa shape index (κ2) is 9.39. The maximum absolute atomic E-state index is 12.2. The van der Waals surface area contributed by atoms with E-state index in [1.54, 1.807) is 19.6 Å². The van der Waals surface area contributed by atoms with Gasteiger partial charge in [-0.3, -0.25) is 4.79 Å². The number of nitrogens with one attached hydrogen (secondary N) is 1. The molecule has 0 aliphatic rings. The van der Waals surface area contributed by atoms with Crippen molar-refractivity contribution in [1.29, 1.82) is 0 Å². The molecule has 3 N–H and O–H groups in total. The number of thiazole rings is 1. The smallest absolute Gasteiger partial charge is 0.270 e. The van der Waals surface area contributed by atoms with Crippen molar-refractivity contribution < 1.29 is 14.3 Å². The quantitative estimate of drug-likeness (QED) is 0.715. The summed E-state index contributed by atoms with van der Waals surface area (Å²) in [5.74, 6) is 1.20. The number of methoxy groups -OCH3 is 2. The van der Waals surface area contributed by atoms with Gasteiger partial charge in [0, 0.05) is 11.9 Å². The zero-order valence-corrected chi connectivity index (χ0v) is 15.7. The molecule has 6 nitrogen and oxygen atoms in total. The molecule has 0 aliphatic carbocycles. The molecule has 7 heteroatoms. The largest absolute Gasteiger partial charge is 0.493 e. The average molecular weight is 363 g/mol. The summed E-state index contributed by atoms with van der Waals surface area (Å²) in [6.07, 6.45) is 2.56. The van der Waals surface area contributed by atoms with Crippen LogP contribution in [-0.2, 0) is 6.42 Å². The Morgan fingerprint density at radius 2 is 2.08 bits per heavy atom. The summed E-state index contributed by atoms with van der Waals surface area (Å²) in [7, 11) is 3.21. The highest BCUT2D eigenvalue weighted by Gasteiger charge is 2.14. The van der Waals surface area contributed by atoms with E-state index in [2.05, 4.69) is 17.2 Å². The molecule has 25 heavy (non-hydrogen) atoms. The first-order valence-electron chi connectivity index (χ1n) is 8.29. The number of benzene rings is 1. The predicted octanol–water partition coefficient (Wildman–Crippen LogP) is 2.93. The molecule has 0 saturated carbocycles. The van der Waals surface area contributed by atoms with Gasteiger partial charge in [0.2, 0.25) is 0 Å². The second-order valence-corrected chi connectivity index (χ2v) is 6.55. The van der Waals surface area contributed by atoms with Crippen molar-refractivity contribution in [2.24, 2.45) is 5.73 Å². The number of carbonyl (C=O) groups excluding carboxylic acids is 1. The number of aromatic nitrogens is 1. The van der Waals surface area contributed by atoms with Gasteiger partial charge in [-0.25, -0.2) is 4.98 Å². The Morgan fingerprint density at radius 3 is 2.76 bits per heavy atom. The van der Waals surface area contributed by atoms with Crippen LogP contribution in [-0.4, -0.2) is 31.7 Å². The number of hydrogen-bond donors (Lipinski definition) is 2. The molecule has 1 aromatic carbocycles. The van der Waals surface area contributed by atoms with E-state index in [1.807, 2.05) is 18.2 Å².